The Labute approximate surface area is 122 Å². The third-order valence-electron chi connectivity index (χ3n) is 2.98. The van der Waals surface area contributed by atoms with Crippen molar-refractivity contribution in [1.82, 2.24) is 0 Å². The molecule has 0 aliphatic rings. The van der Waals surface area contributed by atoms with Crippen molar-refractivity contribution in [3.05, 3.63) is 58.1 Å². The lowest BCUT2D eigenvalue weighted by molar-refractivity contribution is 0.195. The highest BCUT2D eigenvalue weighted by Gasteiger charge is 2.10. The third-order valence-corrected chi connectivity index (χ3v) is 3.47. The average Bonchev–Trinajstić information content (AvgIpc) is 2.41. The molecule has 0 saturated carbocycles. The van der Waals surface area contributed by atoms with Crippen LogP contribution in [0.4, 0.5) is 0 Å². The van der Waals surface area contributed by atoms with Gasteiger partial charge in [-0.05, 0) is 49.2 Å². The Kier molecular flexibility index (Phi) is 4.61. The van der Waals surface area contributed by atoms with Gasteiger partial charge in [-0.15, -0.1) is 0 Å². The summed E-state index contributed by atoms with van der Waals surface area (Å²) < 4.78 is 6.77. The van der Waals surface area contributed by atoms with Gasteiger partial charge in [-0.1, -0.05) is 35.0 Å². The standard InChI is InChI=1S/C16H17BrO2/c1-3-12-4-7-14(8-5-12)19-16-9-6-13(17)10-15(16)11(2)18/h4-11,18H,3H2,1-2H3. The molecule has 2 nitrogen and oxygen atoms in total. The number of aliphatic hydroxyl groups is 1. The Morgan fingerprint density at radius 2 is 1.84 bits per heavy atom. The van der Waals surface area contributed by atoms with Crippen LogP contribution in [-0.2, 0) is 6.42 Å². The van der Waals surface area contributed by atoms with Crippen LogP contribution in [0.2, 0.25) is 0 Å². The van der Waals surface area contributed by atoms with Crippen LogP contribution in [0.3, 0.4) is 0 Å². The number of rotatable bonds is 4. The lowest BCUT2D eigenvalue weighted by Crippen LogP contribution is -1.96. The van der Waals surface area contributed by atoms with Gasteiger partial charge in [0.1, 0.15) is 11.5 Å². The van der Waals surface area contributed by atoms with Crippen LogP contribution in [0.15, 0.2) is 46.9 Å². The first-order chi connectivity index (χ1) is 9.10. The monoisotopic (exact) mass is 320 g/mol. The molecule has 1 N–H and O–H groups in total. The lowest BCUT2D eigenvalue weighted by atomic mass is 10.1. The fourth-order valence-corrected chi connectivity index (χ4v) is 2.24. The van der Waals surface area contributed by atoms with E-state index in [0.717, 1.165) is 22.2 Å². The molecule has 0 saturated heterocycles. The second-order valence-corrected chi connectivity index (χ2v) is 5.37. The summed E-state index contributed by atoms with van der Waals surface area (Å²) in [6.07, 6.45) is 0.444. The largest absolute Gasteiger partial charge is 0.457 e. The van der Waals surface area contributed by atoms with Crippen LogP contribution >= 0.6 is 15.9 Å². The molecule has 0 heterocycles. The molecule has 0 aromatic heterocycles. The Bertz CT molecular complexity index is 547. The number of hydrogen-bond acceptors (Lipinski definition) is 2. The number of benzene rings is 2. The van der Waals surface area contributed by atoms with Gasteiger partial charge in [0.05, 0.1) is 6.10 Å². The summed E-state index contributed by atoms with van der Waals surface area (Å²) in [6, 6.07) is 13.6. The minimum absolute atomic E-state index is 0.567. The van der Waals surface area contributed by atoms with E-state index in [-0.39, 0.29) is 0 Å². The Hall–Kier alpha value is -1.32. The van der Waals surface area contributed by atoms with Crippen molar-refractivity contribution in [2.75, 3.05) is 0 Å². The summed E-state index contributed by atoms with van der Waals surface area (Å²) in [5, 5.41) is 9.79. The SMILES string of the molecule is CCc1ccc(Oc2ccc(Br)cc2C(C)O)cc1. The maximum absolute atomic E-state index is 9.79. The van der Waals surface area contributed by atoms with Crippen molar-refractivity contribution in [1.29, 1.82) is 0 Å². The second-order valence-electron chi connectivity index (χ2n) is 4.46. The predicted octanol–water partition coefficient (Wildman–Crippen LogP) is 4.86. The molecule has 19 heavy (non-hydrogen) atoms. The fraction of sp³-hybridized carbons (Fsp3) is 0.250. The van der Waals surface area contributed by atoms with Crippen molar-refractivity contribution in [3.63, 3.8) is 0 Å². The summed E-state index contributed by atoms with van der Waals surface area (Å²) in [5.41, 5.74) is 2.05. The summed E-state index contributed by atoms with van der Waals surface area (Å²) in [5.74, 6) is 1.46. The zero-order valence-electron chi connectivity index (χ0n) is 11.1. The third kappa shape index (κ3) is 3.58. The minimum atomic E-state index is -0.567. The van der Waals surface area contributed by atoms with Crippen LogP contribution in [0.25, 0.3) is 0 Å². The Balaban J connectivity index is 2.26. The van der Waals surface area contributed by atoms with Gasteiger partial charge < -0.3 is 9.84 Å². The quantitative estimate of drug-likeness (QED) is 0.871. The van der Waals surface area contributed by atoms with Crippen LogP contribution in [0.1, 0.15) is 31.1 Å². The van der Waals surface area contributed by atoms with Gasteiger partial charge in [0.25, 0.3) is 0 Å². The van der Waals surface area contributed by atoms with Crippen molar-refractivity contribution < 1.29 is 9.84 Å². The topological polar surface area (TPSA) is 29.5 Å². The molecule has 0 amide bonds. The van der Waals surface area contributed by atoms with Gasteiger partial charge >= 0.3 is 0 Å². The highest BCUT2D eigenvalue weighted by molar-refractivity contribution is 9.10. The molecular weight excluding hydrogens is 304 g/mol. The molecule has 2 rings (SSSR count). The van der Waals surface area contributed by atoms with Crippen molar-refractivity contribution in [2.24, 2.45) is 0 Å². The zero-order valence-corrected chi connectivity index (χ0v) is 12.6. The number of ether oxygens (including phenoxy) is 1. The normalized spacial score (nSPS) is 12.2. The molecule has 100 valence electrons. The summed E-state index contributed by atoms with van der Waals surface area (Å²) in [7, 11) is 0. The molecule has 1 unspecified atom stereocenters. The van der Waals surface area contributed by atoms with Crippen molar-refractivity contribution in [2.45, 2.75) is 26.4 Å². The molecule has 0 aliphatic heterocycles. The van der Waals surface area contributed by atoms with E-state index in [4.69, 9.17) is 4.74 Å². The van der Waals surface area contributed by atoms with Crippen LogP contribution in [0, 0.1) is 0 Å². The molecule has 1 atom stereocenters. The fourth-order valence-electron chi connectivity index (χ4n) is 1.86. The average molecular weight is 321 g/mol. The zero-order chi connectivity index (χ0) is 13.8. The maximum Gasteiger partial charge on any atom is 0.133 e. The first kappa shape index (κ1) is 14.1. The van der Waals surface area contributed by atoms with E-state index in [1.807, 2.05) is 30.3 Å². The molecule has 3 heteroatoms. The highest BCUT2D eigenvalue weighted by Crippen LogP contribution is 2.32. The first-order valence-electron chi connectivity index (χ1n) is 6.34. The predicted molar refractivity (Wildman–Crippen MR) is 80.7 cm³/mol. The van der Waals surface area contributed by atoms with Crippen LogP contribution in [0.5, 0.6) is 11.5 Å². The van der Waals surface area contributed by atoms with E-state index in [0.29, 0.717) is 5.75 Å². The van der Waals surface area contributed by atoms with Gasteiger partial charge in [0, 0.05) is 10.0 Å². The number of aryl methyl sites for hydroxylation is 1. The molecule has 0 bridgehead atoms. The maximum atomic E-state index is 9.79. The van der Waals surface area contributed by atoms with E-state index >= 15 is 0 Å². The number of halogens is 1. The summed E-state index contributed by atoms with van der Waals surface area (Å²) >= 11 is 3.40. The summed E-state index contributed by atoms with van der Waals surface area (Å²) in [6.45, 7) is 3.85. The van der Waals surface area contributed by atoms with Crippen LogP contribution in [-0.4, -0.2) is 5.11 Å². The number of hydrogen-bond donors (Lipinski definition) is 1. The van der Waals surface area contributed by atoms with Crippen LogP contribution < -0.4 is 4.74 Å². The lowest BCUT2D eigenvalue weighted by Gasteiger charge is -2.14. The second kappa shape index (κ2) is 6.22. The molecule has 0 fully saturated rings. The van der Waals surface area contributed by atoms with E-state index in [9.17, 15) is 5.11 Å². The molecule has 2 aromatic carbocycles. The first-order valence-corrected chi connectivity index (χ1v) is 7.13. The molecular formula is C16H17BrO2. The van der Waals surface area contributed by atoms with Gasteiger partial charge in [0.15, 0.2) is 0 Å². The molecule has 2 aromatic rings. The van der Waals surface area contributed by atoms with Crippen molar-refractivity contribution >= 4 is 15.9 Å². The van der Waals surface area contributed by atoms with Gasteiger partial charge in [-0.25, -0.2) is 0 Å². The van der Waals surface area contributed by atoms with E-state index in [1.54, 1.807) is 6.92 Å². The minimum Gasteiger partial charge on any atom is -0.457 e. The van der Waals surface area contributed by atoms with Gasteiger partial charge in [-0.2, -0.15) is 0 Å². The van der Waals surface area contributed by atoms with Gasteiger partial charge in [0.2, 0.25) is 0 Å². The smallest absolute Gasteiger partial charge is 0.133 e. The highest BCUT2D eigenvalue weighted by atomic mass is 79.9. The molecule has 0 spiro atoms. The Morgan fingerprint density at radius 1 is 1.16 bits per heavy atom. The summed E-state index contributed by atoms with van der Waals surface area (Å²) in [4.78, 5) is 0. The molecule has 0 aliphatic carbocycles. The van der Waals surface area contributed by atoms with Gasteiger partial charge in [-0.3, -0.25) is 0 Å². The van der Waals surface area contributed by atoms with E-state index in [2.05, 4.69) is 35.0 Å². The van der Waals surface area contributed by atoms with Crippen molar-refractivity contribution in [3.8, 4) is 11.5 Å². The van der Waals surface area contributed by atoms with E-state index in [1.165, 1.54) is 5.56 Å². The number of aliphatic hydroxyl groups excluding tert-OH is 1. The Morgan fingerprint density at radius 3 is 2.42 bits per heavy atom. The van der Waals surface area contributed by atoms with E-state index < -0.39 is 6.10 Å². The molecule has 0 radical (unpaired) electrons.